The maximum absolute atomic E-state index is 13.1. The van der Waals surface area contributed by atoms with E-state index in [1.54, 1.807) is 13.1 Å². The van der Waals surface area contributed by atoms with Gasteiger partial charge in [0, 0.05) is 25.0 Å². The Morgan fingerprint density at radius 1 is 1.10 bits per heavy atom. The highest BCUT2D eigenvalue weighted by molar-refractivity contribution is 5.99. The molecule has 4 N–H and O–H groups in total. The number of nitrogens with two attached hydrogens (primary N) is 2. The number of carbonyl (C=O) groups excluding carboxylic acids is 1. The molecule has 21 heavy (non-hydrogen) atoms. The van der Waals surface area contributed by atoms with E-state index in [1.807, 2.05) is 0 Å². The molecule has 2 aromatic rings. The molecule has 0 unspecified atom stereocenters. The van der Waals surface area contributed by atoms with E-state index in [1.165, 1.54) is 23.1 Å². The molecule has 0 radical (unpaired) electrons. The summed E-state index contributed by atoms with van der Waals surface area (Å²) in [5.74, 6) is -2.19. The molecule has 0 atom stereocenters. The topological polar surface area (TPSA) is 72.3 Å². The van der Waals surface area contributed by atoms with Gasteiger partial charge in [0.15, 0.2) is 11.6 Å². The molecule has 0 aliphatic rings. The molecule has 0 heterocycles. The van der Waals surface area contributed by atoms with Crippen LogP contribution in [0.3, 0.4) is 0 Å². The standard InChI is InChI=1S/C15H15F2N3O/c1-20(8-9-2-5-12(16)13(17)6-9)15(21)11-4-3-10(18)7-14(11)19/h2-7H,8,18-19H2,1H3. The van der Waals surface area contributed by atoms with Crippen molar-refractivity contribution in [1.29, 1.82) is 0 Å². The van der Waals surface area contributed by atoms with Crippen LogP contribution in [0.15, 0.2) is 36.4 Å². The minimum absolute atomic E-state index is 0.139. The number of hydrogen-bond donors (Lipinski definition) is 2. The number of anilines is 2. The number of hydrogen-bond acceptors (Lipinski definition) is 3. The average Bonchev–Trinajstić information content (AvgIpc) is 2.42. The van der Waals surface area contributed by atoms with Gasteiger partial charge in [0.05, 0.1) is 5.56 Å². The van der Waals surface area contributed by atoms with Crippen molar-refractivity contribution in [3.05, 3.63) is 59.2 Å². The molecule has 110 valence electrons. The summed E-state index contributed by atoms with van der Waals surface area (Å²) in [6.45, 7) is 0.139. The van der Waals surface area contributed by atoms with Crippen molar-refractivity contribution in [2.24, 2.45) is 0 Å². The average molecular weight is 291 g/mol. The number of amides is 1. The fourth-order valence-corrected chi connectivity index (χ4v) is 1.97. The Balaban J connectivity index is 2.17. The van der Waals surface area contributed by atoms with E-state index in [2.05, 4.69) is 0 Å². The van der Waals surface area contributed by atoms with Gasteiger partial charge < -0.3 is 16.4 Å². The van der Waals surface area contributed by atoms with Crippen LogP contribution in [-0.4, -0.2) is 17.9 Å². The van der Waals surface area contributed by atoms with E-state index in [0.717, 1.165) is 12.1 Å². The Morgan fingerprint density at radius 2 is 1.81 bits per heavy atom. The zero-order valence-corrected chi connectivity index (χ0v) is 11.4. The van der Waals surface area contributed by atoms with Crippen LogP contribution in [0.1, 0.15) is 15.9 Å². The second-order valence-electron chi connectivity index (χ2n) is 4.76. The molecule has 0 fully saturated rings. The fraction of sp³-hybridized carbons (Fsp3) is 0.133. The lowest BCUT2D eigenvalue weighted by atomic mass is 10.1. The summed E-state index contributed by atoms with van der Waals surface area (Å²) in [5, 5.41) is 0. The van der Waals surface area contributed by atoms with Crippen LogP contribution in [0.5, 0.6) is 0 Å². The van der Waals surface area contributed by atoms with Crippen LogP contribution in [0.2, 0.25) is 0 Å². The predicted octanol–water partition coefficient (Wildman–Crippen LogP) is 2.40. The maximum Gasteiger partial charge on any atom is 0.255 e. The third-order valence-corrected chi connectivity index (χ3v) is 3.06. The third kappa shape index (κ3) is 3.28. The first-order chi connectivity index (χ1) is 9.88. The van der Waals surface area contributed by atoms with Gasteiger partial charge in [0.2, 0.25) is 0 Å². The molecule has 2 rings (SSSR count). The lowest BCUT2D eigenvalue weighted by molar-refractivity contribution is 0.0786. The SMILES string of the molecule is CN(Cc1ccc(F)c(F)c1)C(=O)c1ccc(N)cc1N. The highest BCUT2D eigenvalue weighted by Gasteiger charge is 2.15. The molecule has 0 saturated carbocycles. The lowest BCUT2D eigenvalue weighted by Gasteiger charge is -2.18. The summed E-state index contributed by atoms with van der Waals surface area (Å²) in [6, 6.07) is 8.13. The van der Waals surface area contributed by atoms with E-state index >= 15 is 0 Å². The maximum atomic E-state index is 13.1. The van der Waals surface area contributed by atoms with Gasteiger partial charge in [-0.25, -0.2) is 8.78 Å². The molecule has 1 amide bonds. The second-order valence-corrected chi connectivity index (χ2v) is 4.76. The lowest BCUT2D eigenvalue weighted by Crippen LogP contribution is -2.27. The Bertz CT molecular complexity index is 689. The highest BCUT2D eigenvalue weighted by Crippen LogP contribution is 2.18. The van der Waals surface area contributed by atoms with Crippen molar-refractivity contribution in [1.82, 2.24) is 4.90 Å². The van der Waals surface area contributed by atoms with Gasteiger partial charge >= 0.3 is 0 Å². The van der Waals surface area contributed by atoms with Gasteiger partial charge in [-0.1, -0.05) is 6.07 Å². The molecule has 0 aliphatic heterocycles. The number of nitrogen functional groups attached to an aromatic ring is 2. The molecular formula is C15H15F2N3O. The first-order valence-corrected chi connectivity index (χ1v) is 6.23. The first-order valence-electron chi connectivity index (χ1n) is 6.23. The summed E-state index contributed by atoms with van der Waals surface area (Å²) in [6.07, 6.45) is 0. The zero-order valence-electron chi connectivity index (χ0n) is 11.4. The molecule has 0 aliphatic carbocycles. The smallest absolute Gasteiger partial charge is 0.255 e. The van der Waals surface area contributed by atoms with Crippen molar-refractivity contribution in [2.75, 3.05) is 18.5 Å². The van der Waals surface area contributed by atoms with E-state index in [9.17, 15) is 13.6 Å². The number of halogens is 2. The Hall–Kier alpha value is -2.63. The number of nitrogens with zero attached hydrogens (tertiary/aromatic N) is 1. The molecule has 2 aromatic carbocycles. The largest absolute Gasteiger partial charge is 0.399 e. The van der Waals surface area contributed by atoms with Gasteiger partial charge in [-0.2, -0.15) is 0 Å². The molecule has 0 aromatic heterocycles. The van der Waals surface area contributed by atoms with E-state index in [-0.39, 0.29) is 18.1 Å². The Kier molecular flexibility index (Phi) is 4.07. The number of carbonyl (C=O) groups is 1. The monoisotopic (exact) mass is 291 g/mol. The van der Waals surface area contributed by atoms with Crippen LogP contribution in [0.4, 0.5) is 20.2 Å². The van der Waals surface area contributed by atoms with Gasteiger partial charge in [0.25, 0.3) is 5.91 Å². The van der Waals surface area contributed by atoms with Gasteiger partial charge in [-0.05, 0) is 35.9 Å². The molecule has 4 nitrogen and oxygen atoms in total. The van der Waals surface area contributed by atoms with Gasteiger partial charge in [-0.15, -0.1) is 0 Å². The molecular weight excluding hydrogens is 276 g/mol. The minimum atomic E-state index is -0.944. The zero-order chi connectivity index (χ0) is 15.6. The summed E-state index contributed by atoms with van der Waals surface area (Å²) in [5.41, 5.74) is 12.9. The summed E-state index contributed by atoms with van der Waals surface area (Å²) in [7, 11) is 1.55. The van der Waals surface area contributed by atoms with E-state index in [0.29, 0.717) is 16.8 Å². The highest BCUT2D eigenvalue weighted by atomic mass is 19.2. The van der Waals surface area contributed by atoms with Gasteiger partial charge in [-0.3, -0.25) is 4.79 Å². The molecule has 0 saturated heterocycles. The molecule has 0 bridgehead atoms. The number of rotatable bonds is 3. The van der Waals surface area contributed by atoms with E-state index < -0.39 is 11.6 Å². The third-order valence-electron chi connectivity index (χ3n) is 3.06. The molecule has 6 heteroatoms. The second kappa shape index (κ2) is 5.78. The Morgan fingerprint density at radius 3 is 2.43 bits per heavy atom. The normalized spacial score (nSPS) is 10.4. The number of benzene rings is 2. The van der Waals surface area contributed by atoms with Crippen LogP contribution in [0, 0.1) is 11.6 Å². The van der Waals surface area contributed by atoms with Crippen LogP contribution < -0.4 is 11.5 Å². The molecule has 0 spiro atoms. The van der Waals surface area contributed by atoms with Crippen LogP contribution in [0.25, 0.3) is 0 Å². The van der Waals surface area contributed by atoms with E-state index in [4.69, 9.17) is 11.5 Å². The predicted molar refractivity (Wildman–Crippen MR) is 77.4 cm³/mol. The van der Waals surface area contributed by atoms with Crippen molar-refractivity contribution in [3.63, 3.8) is 0 Å². The summed E-state index contributed by atoms with van der Waals surface area (Å²) in [4.78, 5) is 13.6. The first kappa shape index (κ1) is 14.8. The quantitative estimate of drug-likeness (QED) is 0.853. The van der Waals surface area contributed by atoms with Gasteiger partial charge in [0.1, 0.15) is 0 Å². The van der Waals surface area contributed by atoms with Crippen LogP contribution >= 0.6 is 0 Å². The fourth-order valence-electron chi connectivity index (χ4n) is 1.97. The Labute approximate surface area is 121 Å². The van der Waals surface area contributed by atoms with Crippen molar-refractivity contribution >= 4 is 17.3 Å². The van der Waals surface area contributed by atoms with Crippen LogP contribution in [-0.2, 0) is 6.54 Å². The van der Waals surface area contributed by atoms with Crippen molar-refractivity contribution in [2.45, 2.75) is 6.54 Å². The summed E-state index contributed by atoms with van der Waals surface area (Å²) < 4.78 is 26.0. The van der Waals surface area contributed by atoms with Crippen molar-refractivity contribution < 1.29 is 13.6 Å². The summed E-state index contributed by atoms with van der Waals surface area (Å²) >= 11 is 0. The minimum Gasteiger partial charge on any atom is -0.399 e. The van der Waals surface area contributed by atoms with Crippen molar-refractivity contribution in [3.8, 4) is 0 Å².